The second-order valence-corrected chi connectivity index (χ2v) is 5.18. The Labute approximate surface area is 204 Å². The van der Waals surface area contributed by atoms with Crippen LogP contribution in [0.1, 0.15) is 0 Å². The minimum Gasteiger partial charge on any atom is -0.508 e. The van der Waals surface area contributed by atoms with E-state index >= 15 is 0 Å². The Bertz CT molecular complexity index is 721. The number of carboxylic acid groups (broad SMARTS) is 1. The van der Waals surface area contributed by atoms with Gasteiger partial charge in [-0.25, -0.2) is 4.79 Å². The molecule has 0 saturated heterocycles. The van der Waals surface area contributed by atoms with Crippen molar-refractivity contribution in [3.63, 3.8) is 0 Å². The van der Waals surface area contributed by atoms with E-state index in [-0.39, 0.29) is 33.9 Å². The zero-order valence-electron chi connectivity index (χ0n) is 14.7. The molecule has 0 aromatic heterocycles. The fourth-order valence-corrected chi connectivity index (χ4v) is 1.48. The molecule has 0 heterocycles. The minimum atomic E-state index is -5.08. The number of benzene rings is 2. The Balaban J connectivity index is -0.000000334. The first-order valence-electron chi connectivity index (χ1n) is 6.81. The van der Waals surface area contributed by atoms with E-state index in [0.29, 0.717) is 16.0 Å². The van der Waals surface area contributed by atoms with Crippen LogP contribution in [0, 0.1) is 0 Å². The van der Waals surface area contributed by atoms with Gasteiger partial charge >= 0.3 is 12.1 Å². The van der Waals surface area contributed by atoms with Gasteiger partial charge in [0, 0.05) is 62.8 Å². The van der Waals surface area contributed by atoms with Gasteiger partial charge in [0.15, 0.2) is 0 Å². The zero-order valence-corrected chi connectivity index (χ0v) is 20.9. The van der Waals surface area contributed by atoms with Crippen LogP contribution in [0.5, 0.6) is 23.0 Å². The second kappa shape index (κ2) is 17.9. The molecule has 0 aliphatic heterocycles. The molecule has 0 aliphatic carbocycles. The van der Waals surface area contributed by atoms with Crippen molar-refractivity contribution in [2.75, 3.05) is 14.2 Å². The smallest absolute Gasteiger partial charge is 0.490 e. The summed E-state index contributed by atoms with van der Waals surface area (Å²) in [5, 5.41) is 25.1. The fraction of sp³-hybridized carbons (Fsp3) is 0.188. The number of alkyl halides is 3. The van der Waals surface area contributed by atoms with Gasteiger partial charge in [-0.3, -0.25) is 0 Å². The molecule has 0 unspecified atom stereocenters. The second-order valence-electron chi connectivity index (χ2n) is 4.32. The molecule has 0 saturated carbocycles. The van der Waals surface area contributed by atoms with E-state index < -0.39 is 12.1 Å². The number of phenols is 2. The van der Waals surface area contributed by atoms with Crippen LogP contribution >= 0.6 is 44.2 Å². The molecule has 0 aliphatic rings. The van der Waals surface area contributed by atoms with Crippen molar-refractivity contribution in [2.45, 2.75) is 6.18 Å². The summed E-state index contributed by atoms with van der Waals surface area (Å²) in [4.78, 5) is 8.90. The molecule has 0 amide bonds. The summed E-state index contributed by atoms with van der Waals surface area (Å²) in [7, 11) is 3.12. The topological polar surface area (TPSA) is 96.2 Å². The Kier molecular flexibility index (Phi) is 20.2. The number of carboxylic acids is 1. The molecule has 0 fully saturated rings. The van der Waals surface area contributed by atoms with Crippen molar-refractivity contribution < 1.29 is 65.1 Å². The molecule has 0 atom stereocenters. The van der Waals surface area contributed by atoms with E-state index in [0.717, 1.165) is 0 Å². The van der Waals surface area contributed by atoms with Gasteiger partial charge in [0.25, 0.3) is 0 Å². The van der Waals surface area contributed by atoms with Gasteiger partial charge in [0.2, 0.25) is 0 Å². The number of halogens is 6. The number of carbonyl (C=O) groups is 1. The van der Waals surface area contributed by atoms with E-state index in [9.17, 15) is 13.2 Å². The Hall–Kier alpha value is -0.920. The predicted octanol–water partition coefficient (Wildman–Crippen LogP) is 5.89. The van der Waals surface area contributed by atoms with Crippen molar-refractivity contribution in [1.82, 2.24) is 0 Å². The number of aromatic hydroxyl groups is 2. The van der Waals surface area contributed by atoms with Crippen molar-refractivity contribution in [3.05, 3.63) is 46.9 Å². The van der Waals surface area contributed by atoms with E-state index in [1.165, 1.54) is 0 Å². The summed E-state index contributed by atoms with van der Waals surface area (Å²) in [6.07, 6.45) is -5.08. The number of hydrogen-bond acceptors (Lipinski definition) is 5. The predicted molar refractivity (Wildman–Crippen MR) is 109 cm³/mol. The minimum absolute atomic E-state index is 0. The maximum absolute atomic E-state index is 10.6. The molecule has 2 aromatic rings. The van der Waals surface area contributed by atoms with Crippen LogP contribution in [-0.2, 0) is 27.2 Å². The molecule has 0 bridgehead atoms. The Morgan fingerprint density at radius 3 is 1.72 bits per heavy atom. The molecular formula is C16H16AgBr3F3O6. The quantitative estimate of drug-likeness (QED) is 0.337. The number of phenolic OH excluding ortho intramolecular Hbond substituents is 2. The summed E-state index contributed by atoms with van der Waals surface area (Å²) >= 11 is 8.65. The standard InChI is InChI=1S/C7H7BrO2.C7H8O2.C2HF3O2.Ag.Br2/c1-10-5-2-3-6(8)7(9)4-5;1-9-7-4-2-3-6(8)5-7;3-2(4,5)1(6)7;;1-2/h2-4,9H,1H3;2-5,8H,1H3;(H,6,7);;. The van der Waals surface area contributed by atoms with Gasteiger partial charge in [-0.05, 0) is 40.2 Å². The van der Waals surface area contributed by atoms with Gasteiger partial charge in [0.05, 0.1) is 18.7 Å². The Morgan fingerprint density at radius 1 is 0.966 bits per heavy atom. The van der Waals surface area contributed by atoms with E-state index in [1.807, 2.05) is 0 Å². The average molecular weight is 709 g/mol. The summed E-state index contributed by atoms with van der Waals surface area (Å²) in [6, 6.07) is 11.7. The molecular weight excluding hydrogens is 693 g/mol. The Morgan fingerprint density at radius 2 is 1.41 bits per heavy atom. The van der Waals surface area contributed by atoms with Crippen molar-refractivity contribution in [2.24, 2.45) is 0 Å². The number of rotatable bonds is 2. The molecule has 169 valence electrons. The summed E-state index contributed by atoms with van der Waals surface area (Å²) in [5.41, 5.74) is 0. The molecule has 13 heteroatoms. The average Bonchev–Trinajstić information content (AvgIpc) is 2.66. The SMILES string of the molecule is BrBr.COc1ccc(Br)c(O)c1.COc1cccc(O)c1.O=C(O)C(F)(F)F.[Ag]. The van der Waals surface area contributed by atoms with Gasteiger partial charge in [-0.2, -0.15) is 13.2 Å². The van der Waals surface area contributed by atoms with Crippen molar-refractivity contribution in [1.29, 1.82) is 0 Å². The van der Waals surface area contributed by atoms with Gasteiger partial charge in [-0.1, -0.05) is 6.07 Å². The van der Waals surface area contributed by atoms with Crippen LogP contribution in [0.25, 0.3) is 0 Å². The summed E-state index contributed by atoms with van der Waals surface area (Å²) < 4.78 is 42.1. The summed E-state index contributed by atoms with van der Waals surface area (Å²) in [6.45, 7) is 0. The van der Waals surface area contributed by atoms with Crippen LogP contribution in [0.4, 0.5) is 13.2 Å². The third-order valence-corrected chi connectivity index (χ3v) is 3.12. The molecule has 1 radical (unpaired) electrons. The monoisotopic (exact) mass is 705 g/mol. The van der Waals surface area contributed by atoms with Crippen molar-refractivity contribution >= 4 is 50.2 Å². The van der Waals surface area contributed by atoms with Gasteiger partial charge in [-0.15, -0.1) is 0 Å². The number of methoxy groups -OCH3 is 2. The number of aliphatic carboxylic acids is 1. The van der Waals surface area contributed by atoms with Crippen LogP contribution in [0.3, 0.4) is 0 Å². The number of ether oxygens (including phenoxy) is 2. The zero-order chi connectivity index (χ0) is 22.3. The van der Waals surface area contributed by atoms with Crippen LogP contribution in [0.2, 0.25) is 0 Å². The molecule has 3 N–H and O–H groups in total. The van der Waals surface area contributed by atoms with Crippen LogP contribution in [0.15, 0.2) is 46.9 Å². The maximum Gasteiger partial charge on any atom is 0.490 e. The van der Waals surface area contributed by atoms with Crippen molar-refractivity contribution in [3.8, 4) is 23.0 Å². The van der Waals surface area contributed by atoms with E-state index in [2.05, 4.69) is 44.2 Å². The first-order chi connectivity index (χ1) is 13.0. The van der Waals surface area contributed by atoms with Crippen LogP contribution < -0.4 is 9.47 Å². The first-order valence-corrected chi connectivity index (χ1v) is 11.3. The molecule has 29 heavy (non-hydrogen) atoms. The van der Waals surface area contributed by atoms with E-state index in [1.54, 1.807) is 56.7 Å². The third kappa shape index (κ3) is 16.6. The third-order valence-electron chi connectivity index (χ3n) is 2.45. The van der Waals surface area contributed by atoms with E-state index in [4.69, 9.17) is 29.6 Å². The maximum atomic E-state index is 10.6. The molecule has 0 spiro atoms. The normalized spacial score (nSPS) is 8.97. The van der Waals surface area contributed by atoms with Crippen LogP contribution in [-0.4, -0.2) is 41.7 Å². The first kappa shape index (κ1) is 32.7. The molecule has 2 rings (SSSR count). The van der Waals surface area contributed by atoms with Gasteiger partial charge < -0.3 is 24.8 Å². The fourth-order valence-electron chi connectivity index (χ4n) is 1.23. The number of hydrogen-bond donors (Lipinski definition) is 3. The summed E-state index contributed by atoms with van der Waals surface area (Å²) in [5.74, 6) is -1.00. The largest absolute Gasteiger partial charge is 0.508 e. The molecule has 6 nitrogen and oxygen atoms in total. The van der Waals surface area contributed by atoms with Gasteiger partial charge in [0.1, 0.15) is 23.0 Å². The molecule has 2 aromatic carbocycles.